The second-order valence-corrected chi connectivity index (χ2v) is 6.93. The van der Waals surface area contributed by atoms with Gasteiger partial charge in [-0.15, -0.1) is 0 Å². The summed E-state index contributed by atoms with van der Waals surface area (Å²) in [6.45, 7) is 14.6. The lowest BCUT2D eigenvalue weighted by atomic mass is 9.84. The molecule has 0 aliphatic heterocycles. The van der Waals surface area contributed by atoms with E-state index >= 15 is 0 Å². The maximum Gasteiger partial charge on any atom is 0.0233 e. The molecule has 0 aromatic heterocycles. The zero-order valence-electron chi connectivity index (χ0n) is 14.2. The minimum atomic E-state index is 0.319. The third-order valence-corrected chi connectivity index (χ3v) is 4.00. The summed E-state index contributed by atoms with van der Waals surface area (Å²) in [6.07, 6.45) is 1.19. The van der Waals surface area contributed by atoms with Crippen LogP contribution in [0.25, 0.3) is 0 Å². The summed E-state index contributed by atoms with van der Waals surface area (Å²) < 4.78 is 0. The number of nitrogens with zero attached hydrogens (tertiary/aromatic N) is 1. The molecule has 0 saturated carbocycles. The van der Waals surface area contributed by atoms with Crippen LogP contribution >= 0.6 is 0 Å². The van der Waals surface area contributed by atoms with Gasteiger partial charge in [0, 0.05) is 12.6 Å². The minimum absolute atomic E-state index is 0.319. The summed E-state index contributed by atoms with van der Waals surface area (Å²) >= 11 is 0. The van der Waals surface area contributed by atoms with Gasteiger partial charge in [-0.3, -0.25) is 0 Å². The fourth-order valence-electron chi connectivity index (χ4n) is 2.59. The normalized spacial score (nSPS) is 13.8. The maximum absolute atomic E-state index is 3.63. The third kappa shape index (κ3) is 5.64. The first-order chi connectivity index (χ1) is 9.34. The van der Waals surface area contributed by atoms with E-state index in [9.17, 15) is 0 Å². The van der Waals surface area contributed by atoms with Crippen LogP contribution in [-0.4, -0.2) is 31.1 Å². The van der Waals surface area contributed by atoms with E-state index in [0.717, 1.165) is 19.6 Å². The molecule has 0 aliphatic carbocycles. The summed E-state index contributed by atoms with van der Waals surface area (Å²) in [4.78, 5) is 2.43. The molecule has 2 heteroatoms. The molecule has 114 valence electrons. The third-order valence-electron chi connectivity index (χ3n) is 4.00. The molecular weight excluding hydrogens is 244 g/mol. The average Bonchev–Trinajstić information content (AvgIpc) is 2.36. The fraction of sp³-hybridized carbons (Fsp3) is 0.667. The van der Waals surface area contributed by atoms with Gasteiger partial charge in [0.25, 0.3) is 0 Å². The van der Waals surface area contributed by atoms with Crippen LogP contribution in [0, 0.1) is 12.3 Å². The molecule has 0 bridgehead atoms. The van der Waals surface area contributed by atoms with E-state index in [1.807, 2.05) is 0 Å². The summed E-state index contributed by atoms with van der Waals surface area (Å²) in [5.41, 5.74) is 3.14. The standard InChI is InChI=1S/C18H32N2/c1-7-19-17(18(3,4)5)12-13-20(6)14-16-11-9-8-10-15(16)2/h8-11,17,19H,7,12-14H2,1-6H3. The van der Waals surface area contributed by atoms with E-state index in [1.165, 1.54) is 17.5 Å². The van der Waals surface area contributed by atoms with Gasteiger partial charge in [0.05, 0.1) is 0 Å². The van der Waals surface area contributed by atoms with E-state index in [0.29, 0.717) is 11.5 Å². The first kappa shape index (κ1) is 17.2. The van der Waals surface area contributed by atoms with E-state index in [2.05, 4.69) is 76.1 Å². The molecule has 20 heavy (non-hydrogen) atoms. The molecule has 1 atom stereocenters. The molecule has 0 radical (unpaired) electrons. The van der Waals surface area contributed by atoms with Gasteiger partial charge in [-0.1, -0.05) is 52.0 Å². The Morgan fingerprint density at radius 3 is 2.40 bits per heavy atom. The quantitative estimate of drug-likeness (QED) is 0.814. The van der Waals surface area contributed by atoms with Gasteiger partial charge in [0.15, 0.2) is 0 Å². The smallest absolute Gasteiger partial charge is 0.0233 e. The van der Waals surface area contributed by atoms with Crippen molar-refractivity contribution < 1.29 is 0 Å². The van der Waals surface area contributed by atoms with Crippen LogP contribution in [0.2, 0.25) is 0 Å². The largest absolute Gasteiger partial charge is 0.314 e. The Hall–Kier alpha value is -0.860. The van der Waals surface area contributed by atoms with E-state index in [4.69, 9.17) is 0 Å². The average molecular weight is 276 g/mol. The van der Waals surface area contributed by atoms with Crippen LogP contribution in [0.4, 0.5) is 0 Å². The van der Waals surface area contributed by atoms with Crippen LogP contribution < -0.4 is 5.32 Å². The predicted molar refractivity (Wildman–Crippen MR) is 89.0 cm³/mol. The van der Waals surface area contributed by atoms with Gasteiger partial charge in [-0.2, -0.15) is 0 Å². The lowest BCUT2D eigenvalue weighted by molar-refractivity contribution is 0.221. The fourth-order valence-corrected chi connectivity index (χ4v) is 2.59. The SMILES string of the molecule is CCNC(CCN(C)Cc1ccccc1C)C(C)(C)C. The maximum atomic E-state index is 3.63. The van der Waals surface area contributed by atoms with Crippen molar-refractivity contribution in [1.82, 2.24) is 10.2 Å². The molecule has 2 nitrogen and oxygen atoms in total. The first-order valence-corrected chi connectivity index (χ1v) is 7.81. The van der Waals surface area contributed by atoms with Crippen molar-refractivity contribution in [3.63, 3.8) is 0 Å². The highest BCUT2D eigenvalue weighted by Gasteiger charge is 2.23. The van der Waals surface area contributed by atoms with Gasteiger partial charge >= 0.3 is 0 Å². The second-order valence-electron chi connectivity index (χ2n) is 6.93. The summed E-state index contributed by atoms with van der Waals surface area (Å²) in [7, 11) is 2.22. The highest BCUT2D eigenvalue weighted by molar-refractivity contribution is 5.25. The Labute approximate surface area is 125 Å². The summed E-state index contributed by atoms with van der Waals surface area (Å²) in [5.74, 6) is 0. The van der Waals surface area contributed by atoms with Crippen molar-refractivity contribution in [1.29, 1.82) is 0 Å². The van der Waals surface area contributed by atoms with Crippen molar-refractivity contribution in [3.05, 3.63) is 35.4 Å². The number of nitrogens with one attached hydrogen (secondary N) is 1. The van der Waals surface area contributed by atoms with Crippen molar-refractivity contribution in [2.24, 2.45) is 5.41 Å². The van der Waals surface area contributed by atoms with Gasteiger partial charge in [0.2, 0.25) is 0 Å². The van der Waals surface area contributed by atoms with E-state index in [1.54, 1.807) is 0 Å². The lowest BCUT2D eigenvalue weighted by Crippen LogP contribution is -2.42. The molecule has 0 heterocycles. The van der Waals surface area contributed by atoms with Crippen molar-refractivity contribution in [2.45, 2.75) is 53.6 Å². The van der Waals surface area contributed by atoms with Crippen LogP contribution in [0.5, 0.6) is 0 Å². The van der Waals surface area contributed by atoms with Crippen molar-refractivity contribution in [3.8, 4) is 0 Å². The zero-order valence-corrected chi connectivity index (χ0v) is 14.2. The Balaban J connectivity index is 2.50. The minimum Gasteiger partial charge on any atom is -0.314 e. The Kier molecular flexibility index (Phi) is 6.70. The molecule has 0 aliphatic rings. The Bertz CT molecular complexity index is 393. The van der Waals surface area contributed by atoms with Crippen molar-refractivity contribution >= 4 is 0 Å². The molecule has 1 N–H and O–H groups in total. The Morgan fingerprint density at radius 2 is 1.85 bits per heavy atom. The first-order valence-electron chi connectivity index (χ1n) is 7.81. The van der Waals surface area contributed by atoms with Crippen LogP contribution in [0.15, 0.2) is 24.3 Å². The highest BCUT2D eigenvalue weighted by atomic mass is 15.1. The predicted octanol–water partition coefficient (Wildman–Crippen LogP) is 3.84. The molecule has 1 aromatic rings. The van der Waals surface area contributed by atoms with Crippen LogP contribution in [0.1, 0.15) is 45.2 Å². The van der Waals surface area contributed by atoms with Crippen LogP contribution in [-0.2, 0) is 6.54 Å². The topological polar surface area (TPSA) is 15.3 Å². The summed E-state index contributed by atoms with van der Waals surface area (Å²) in [6, 6.07) is 9.25. The number of hydrogen-bond donors (Lipinski definition) is 1. The van der Waals surface area contributed by atoms with E-state index in [-0.39, 0.29) is 0 Å². The monoisotopic (exact) mass is 276 g/mol. The molecule has 1 aromatic carbocycles. The highest BCUT2D eigenvalue weighted by Crippen LogP contribution is 2.22. The van der Waals surface area contributed by atoms with E-state index < -0.39 is 0 Å². The molecule has 0 spiro atoms. The second kappa shape index (κ2) is 7.80. The molecular formula is C18H32N2. The van der Waals surface area contributed by atoms with Gasteiger partial charge in [0.1, 0.15) is 0 Å². The molecule has 1 rings (SSSR count). The van der Waals surface area contributed by atoms with Crippen LogP contribution in [0.3, 0.4) is 0 Å². The molecule has 0 amide bonds. The molecule has 0 fully saturated rings. The molecule has 0 saturated heterocycles. The van der Waals surface area contributed by atoms with Crippen molar-refractivity contribution in [2.75, 3.05) is 20.1 Å². The van der Waals surface area contributed by atoms with Gasteiger partial charge < -0.3 is 10.2 Å². The number of aryl methyl sites for hydroxylation is 1. The lowest BCUT2D eigenvalue weighted by Gasteiger charge is -2.33. The Morgan fingerprint density at radius 1 is 1.20 bits per heavy atom. The molecule has 1 unspecified atom stereocenters. The number of benzene rings is 1. The van der Waals surface area contributed by atoms with Gasteiger partial charge in [-0.25, -0.2) is 0 Å². The van der Waals surface area contributed by atoms with Gasteiger partial charge in [-0.05, 0) is 50.0 Å². The number of rotatable bonds is 7. The zero-order chi connectivity index (χ0) is 15.2. The number of hydrogen-bond acceptors (Lipinski definition) is 2. The summed E-state index contributed by atoms with van der Waals surface area (Å²) in [5, 5.41) is 3.63.